The second-order valence-electron chi connectivity index (χ2n) is 4.95. The van der Waals surface area contributed by atoms with Crippen LogP contribution in [0.2, 0.25) is 0 Å². The molecule has 0 saturated carbocycles. The number of anilines is 1. The van der Waals surface area contributed by atoms with E-state index in [0.29, 0.717) is 16.1 Å². The number of thioether (sulfide) groups is 1. The van der Waals surface area contributed by atoms with Crippen LogP contribution in [0, 0.1) is 0 Å². The van der Waals surface area contributed by atoms with Crippen molar-refractivity contribution in [3.63, 3.8) is 0 Å². The molecule has 0 radical (unpaired) electrons. The summed E-state index contributed by atoms with van der Waals surface area (Å²) in [6.45, 7) is 3.14. The van der Waals surface area contributed by atoms with Gasteiger partial charge < -0.3 is 15.2 Å². The molecule has 0 aromatic heterocycles. The van der Waals surface area contributed by atoms with Gasteiger partial charge in [0, 0.05) is 10.6 Å². The van der Waals surface area contributed by atoms with Gasteiger partial charge in [0.05, 0.1) is 19.8 Å². The van der Waals surface area contributed by atoms with Gasteiger partial charge in [-0.3, -0.25) is 4.79 Å². The topological polar surface area (TPSA) is 78.6 Å². The number of benzene rings is 1. The molecule has 1 aromatic rings. The fourth-order valence-corrected chi connectivity index (χ4v) is 2.87. The fraction of sp³-hybridized carbons (Fsp3) is 0.294. The predicted molar refractivity (Wildman–Crippen MR) is 92.5 cm³/mol. The number of allylic oxidation sites excluding steroid dienone is 3. The van der Waals surface area contributed by atoms with E-state index in [2.05, 4.69) is 4.74 Å². The zero-order valence-corrected chi connectivity index (χ0v) is 14.8. The number of carbonyl (C=O) groups excluding carboxylic acids is 2. The van der Waals surface area contributed by atoms with Crippen LogP contribution in [0.3, 0.4) is 0 Å². The van der Waals surface area contributed by atoms with Gasteiger partial charge >= 0.3 is 11.9 Å². The third kappa shape index (κ3) is 4.86. The molecule has 0 fully saturated rings. The number of rotatable bonds is 6. The molecule has 1 aromatic carbocycles. The van der Waals surface area contributed by atoms with E-state index in [-0.39, 0.29) is 0 Å². The molecular formula is C17H20FNO4S. The third-order valence-electron chi connectivity index (χ3n) is 3.18. The highest BCUT2D eigenvalue weighted by Gasteiger charge is 2.34. The van der Waals surface area contributed by atoms with Gasteiger partial charge in [-0.15, -0.1) is 11.8 Å². The van der Waals surface area contributed by atoms with Crippen molar-refractivity contribution < 1.29 is 23.5 Å². The number of esters is 2. The van der Waals surface area contributed by atoms with Crippen LogP contribution in [0.25, 0.3) is 0 Å². The van der Waals surface area contributed by atoms with Crippen LogP contribution in [-0.2, 0) is 14.3 Å². The Morgan fingerprint density at radius 2 is 1.96 bits per heavy atom. The summed E-state index contributed by atoms with van der Waals surface area (Å²) in [6, 6.07) is 4.61. The van der Waals surface area contributed by atoms with Crippen molar-refractivity contribution in [3.8, 4) is 0 Å². The molecule has 0 aliphatic heterocycles. The lowest BCUT2D eigenvalue weighted by Gasteiger charge is -2.23. The molecule has 2 N–H and O–H groups in total. The number of nitrogens with two attached hydrogens (primary N) is 1. The Hall–Kier alpha value is -2.28. The van der Waals surface area contributed by atoms with Crippen LogP contribution in [0.4, 0.5) is 10.1 Å². The van der Waals surface area contributed by atoms with Crippen molar-refractivity contribution in [1.82, 2.24) is 0 Å². The maximum Gasteiger partial charge on any atom is 0.337 e. The molecule has 7 heteroatoms. The summed E-state index contributed by atoms with van der Waals surface area (Å²) in [4.78, 5) is 24.2. The van der Waals surface area contributed by atoms with Crippen molar-refractivity contribution in [1.29, 1.82) is 0 Å². The second kappa shape index (κ2) is 8.54. The molecule has 1 unspecified atom stereocenters. The first-order valence-corrected chi connectivity index (χ1v) is 7.85. The lowest BCUT2D eigenvalue weighted by atomic mass is 10.1. The Morgan fingerprint density at radius 1 is 1.29 bits per heavy atom. The first-order valence-electron chi connectivity index (χ1n) is 7.03. The molecule has 0 aliphatic rings. The van der Waals surface area contributed by atoms with Crippen LogP contribution in [-0.4, -0.2) is 30.9 Å². The highest BCUT2D eigenvalue weighted by atomic mass is 32.2. The first kappa shape index (κ1) is 19.8. The van der Waals surface area contributed by atoms with Crippen molar-refractivity contribution in [2.24, 2.45) is 0 Å². The van der Waals surface area contributed by atoms with E-state index in [1.807, 2.05) is 0 Å². The summed E-state index contributed by atoms with van der Waals surface area (Å²) in [5, 5.41) is 0. The Labute approximate surface area is 144 Å². The van der Waals surface area contributed by atoms with Gasteiger partial charge in [0.25, 0.3) is 0 Å². The second-order valence-corrected chi connectivity index (χ2v) is 6.44. The molecule has 1 rings (SSSR count). The van der Waals surface area contributed by atoms with Crippen LogP contribution < -0.4 is 5.73 Å². The summed E-state index contributed by atoms with van der Waals surface area (Å²) < 4.78 is 21.6. The van der Waals surface area contributed by atoms with Crippen LogP contribution in [0.1, 0.15) is 24.2 Å². The van der Waals surface area contributed by atoms with Gasteiger partial charge in [0.15, 0.2) is 0 Å². The summed E-state index contributed by atoms with van der Waals surface area (Å²) in [7, 11) is 2.53. The number of methoxy groups -OCH3 is 2. The number of hydrogen-bond acceptors (Lipinski definition) is 6. The molecule has 1 atom stereocenters. The van der Waals surface area contributed by atoms with E-state index in [4.69, 9.17) is 10.5 Å². The predicted octanol–water partition coefficient (Wildman–Crippen LogP) is 3.51. The molecule has 0 aliphatic carbocycles. The number of halogens is 1. The smallest absolute Gasteiger partial charge is 0.337 e. The van der Waals surface area contributed by atoms with Crippen molar-refractivity contribution in [2.45, 2.75) is 23.5 Å². The van der Waals surface area contributed by atoms with Gasteiger partial charge in [0.1, 0.15) is 10.6 Å². The van der Waals surface area contributed by atoms with Crippen molar-refractivity contribution in [2.75, 3.05) is 20.0 Å². The van der Waals surface area contributed by atoms with E-state index in [1.54, 1.807) is 26.0 Å². The number of nitrogen functional groups attached to an aromatic ring is 1. The molecule has 0 spiro atoms. The Kier molecular flexibility index (Phi) is 7.03. The average molecular weight is 353 g/mol. The Balaban J connectivity index is 3.18. The number of ether oxygens (including phenoxy) is 2. The molecule has 130 valence electrons. The molecule has 24 heavy (non-hydrogen) atoms. The van der Waals surface area contributed by atoms with Gasteiger partial charge in [0.2, 0.25) is 0 Å². The molecule has 0 saturated heterocycles. The Morgan fingerprint density at radius 3 is 2.46 bits per heavy atom. The van der Waals surface area contributed by atoms with Crippen molar-refractivity contribution >= 4 is 29.4 Å². The molecule has 5 nitrogen and oxygen atoms in total. The average Bonchev–Trinajstić information content (AvgIpc) is 2.59. The first-order chi connectivity index (χ1) is 11.3. The van der Waals surface area contributed by atoms with E-state index in [9.17, 15) is 14.0 Å². The fourth-order valence-electron chi connectivity index (χ4n) is 1.80. The van der Waals surface area contributed by atoms with Gasteiger partial charge in [-0.05, 0) is 38.1 Å². The van der Waals surface area contributed by atoms with Gasteiger partial charge in [-0.2, -0.15) is 0 Å². The van der Waals surface area contributed by atoms with Crippen LogP contribution >= 0.6 is 11.8 Å². The quantitative estimate of drug-likeness (QED) is 0.365. The zero-order valence-electron chi connectivity index (χ0n) is 14.0. The monoisotopic (exact) mass is 353 g/mol. The Bertz CT molecular complexity index is 687. The number of carbonyl (C=O) groups is 2. The minimum atomic E-state index is -1.18. The van der Waals surface area contributed by atoms with E-state index < -0.39 is 22.5 Å². The molecule has 0 amide bonds. The summed E-state index contributed by atoms with van der Waals surface area (Å²) in [6.07, 6.45) is 3.88. The minimum Gasteiger partial charge on any atom is -0.468 e. The summed E-state index contributed by atoms with van der Waals surface area (Å²) in [5.41, 5.74) is 6.56. The van der Waals surface area contributed by atoms with Gasteiger partial charge in [-0.1, -0.05) is 12.2 Å². The zero-order chi connectivity index (χ0) is 18.3. The maximum absolute atomic E-state index is 13.4. The van der Waals surface area contributed by atoms with Crippen LogP contribution in [0.5, 0.6) is 0 Å². The van der Waals surface area contributed by atoms with Gasteiger partial charge in [-0.25, -0.2) is 9.18 Å². The molecule has 0 heterocycles. The molecule has 0 bridgehead atoms. The van der Waals surface area contributed by atoms with E-state index >= 15 is 0 Å². The summed E-state index contributed by atoms with van der Waals surface area (Å²) >= 11 is 1.10. The normalized spacial score (nSPS) is 14.3. The minimum absolute atomic E-state index is 0.301. The standard InChI is InChI=1S/C17H20FNO4S/c1-5-12(18)8-9-17(2,16(21)23-4)24-14-7-6-11(10-13(14)19)15(20)22-3/h5-10H,19H2,1-4H3/b9-8-,12-5+. The molecular weight excluding hydrogens is 333 g/mol. The highest BCUT2D eigenvalue weighted by molar-refractivity contribution is 8.01. The van der Waals surface area contributed by atoms with Crippen LogP contribution in [0.15, 0.2) is 47.1 Å². The van der Waals surface area contributed by atoms with E-state index in [0.717, 1.165) is 11.8 Å². The van der Waals surface area contributed by atoms with E-state index in [1.165, 1.54) is 38.5 Å². The van der Waals surface area contributed by atoms with Crippen molar-refractivity contribution in [3.05, 3.63) is 47.8 Å². The lowest BCUT2D eigenvalue weighted by Crippen LogP contribution is -2.30. The number of hydrogen-bond donors (Lipinski definition) is 1. The largest absolute Gasteiger partial charge is 0.468 e. The highest BCUT2D eigenvalue weighted by Crippen LogP contribution is 2.38. The SMILES string of the molecule is C/C=C(F)\C=C/C(C)(Sc1ccc(C(=O)OC)cc1N)C(=O)OC. The lowest BCUT2D eigenvalue weighted by molar-refractivity contribution is -0.141. The maximum atomic E-state index is 13.4. The summed E-state index contributed by atoms with van der Waals surface area (Å²) in [5.74, 6) is -1.53. The third-order valence-corrected chi connectivity index (χ3v) is 4.50.